The van der Waals surface area contributed by atoms with Crippen LogP contribution in [0.15, 0.2) is 0 Å². The third-order valence-corrected chi connectivity index (χ3v) is 5.08. The van der Waals surface area contributed by atoms with Gasteiger partial charge >= 0.3 is 5.97 Å². The molecule has 2 fully saturated rings. The van der Waals surface area contributed by atoms with E-state index in [1.165, 1.54) is 0 Å². The van der Waals surface area contributed by atoms with Crippen LogP contribution in [0.1, 0.15) is 40.0 Å². The molecule has 1 saturated heterocycles. The summed E-state index contributed by atoms with van der Waals surface area (Å²) in [5.74, 6) is -0.246. The molecular formula is C16H28O7. The number of carboxylic acids is 1. The highest BCUT2D eigenvalue weighted by atomic mass is 16.7. The number of aliphatic carboxylic acids is 1. The molecule has 0 amide bonds. The molecule has 0 aromatic carbocycles. The first-order valence-corrected chi connectivity index (χ1v) is 8.30. The highest BCUT2D eigenvalue weighted by Gasteiger charge is 2.48. The minimum absolute atomic E-state index is 0.171. The zero-order valence-corrected chi connectivity index (χ0v) is 13.8. The van der Waals surface area contributed by atoms with Gasteiger partial charge in [-0.05, 0) is 30.6 Å². The second kappa shape index (κ2) is 7.44. The Labute approximate surface area is 136 Å². The molecule has 1 saturated carbocycles. The van der Waals surface area contributed by atoms with E-state index in [-0.39, 0.29) is 12.0 Å². The van der Waals surface area contributed by atoms with Gasteiger partial charge in [0.2, 0.25) is 0 Å². The van der Waals surface area contributed by atoms with Gasteiger partial charge in [0, 0.05) is 0 Å². The van der Waals surface area contributed by atoms with E-state index >= 15 is 0 Å². The molecule has 0 unspecified atom stereocenters. The molecule has 23 heavy (non-hydrogen) atoms. The predicted octanol–water partition coefficient (Wildman–Crippen LogP) is 0.356. The number of hydrogen-bond acceptors (Lipinski definition) is 6. The second-order valence-electron chi connectivity index (χ2n) is 7.24. The van der Waals surface area contributed by atoms with E-state index in [9.17, 15) is 20.1 Å². The molecule has 2 aliphatic rings. The first kappa shape index (κ1) is 18.6. The zero-order chi connectivity index (χ0) is 17.3. The number of aliphatic hydroxyl groups excluding tert-OH is 3. The Hall–Kier alpha value is -0.730. The fourth-order valence-corrected chi connectivity index (χ4v) is 3.61. The van der Waals surface area contributed by atoms with Crippen molar-refractivity contribution in [2.24, 2.45) is 17.8 Å². The fourth-order valence-electron chi connectivity index (χ4n) is 3.61. The van der Waals surface area contributed by atoms with Gasteiger partial charge in [0.1, 0.15) is 18.3 Å². The van der Waals surface area contributed by atoms with Crippen molar-refractivity contribution in [2.45, 2.75) is 76.8 Å². The third kappa shape index (κ3) is 4.03. The summed E-state index contributed by atoms with van der Waals surface area (Å²) in [5.41, 5.74) is 0. The smallest absolute Gasteiger partial charge is 0.335 e. The van der Waals surface area contributed by atoms with Crippen molar-refractivity contribution >= 4 is 5.97 Å². The second-order valence-corrected chi connectivity index (χ2v) is 7.24. The number of ether oxygens (including phenoxy) is 2. The SMILES string of the molecule is CC(C)[C@H]1CC[C@@H](C)C[C@H]1O[C@H]1O[C@H](C(=O)O)[C@@H](O)[C@H](O)[C@H]1O. The van der Waals surface area contributed by atoms with E-state index in [0.717, 1.165) is 19.3 Å². The van der Waals surface area contributed by atoms with Crippen LogP contribution in [-0.2, 0) is 14.3 Å². The molecule has 1 aliphatic heterocycles. The Bertz CT molecular complexity index is 413. The minimum Gasteiger partial charge on any atom is -0.479 e. The van der Waals surface area contributed by atoms with Gasteiger partial charge in [-0.15, -0.1) is 0 Å². The summed E-state index contributed by atoms with van der Waals surface area (Å²) in [7, 11) is 0. The van der Waals surface area contributed by atoms with Crippen molar-refractivity contribution in [3.05, 3.63) is 0 Å². The standard InChI is InChI=1S/C16H28O7/c1-7(2)9-5-4-8(3)6-10(9)22-16-13(19)11(17)12(18)14(23-16)15(20)21/h7-14,16-19H,4-6H2,1-3H3,(H,20,21)/t8-,9-,10-,11+,12+,13-,14+,16+/m1/s1. The van der Waals surface area contributed by atoms with Crippen molar-refractivity contribution in [3.63, 3.8) is 0 Å². The normalized spacial score (nSPS) is 45.2. The molecule has 8 atom stereocenters. The summed E-state index contributed by atoms with van der Waals surface area (Å²) in [6.45, 7) is 6.34. The predicted molar refractivity (Wildman–Crippen MR) is 80.5 cm³/mol. The number of rotatable bonds is 4. The zero-order valence-electron chi connectivity index (χ0n) is 13.8. The maximum absolute atomic E-state index is 11.1. The van der Waals surface area contributed by atoms with Crippen molar-refractivity contribution < 1.29 is 34.7 Å². The van der Waals surface area contributed by atoms with Crippen LogP contribution in [0.2, 0.25) is 0 Å². The first-order chi connectivity index (χ1) is 10.7. The number of aliphatic hydroxyl groups is 3. The Balaban J connectivity index is 2.11. The van der Waals surface area contributed by atoms with Crippen LogP contribution >= 0.6 is 0 Å². The first-order valence-electron chi connectivity index (χ1n) is 8.30. The molecule has 1 aliphatic carbocycles. The van der Waals surface area contributed by atoms with E-state index in [1.54, 1.807) is 0 Å². The van der Waals surface area contributed by atoms with Crippen molar-refractivity contribution in [2.75, 3.05) is 0 Å². The van der Waals surface area contributed by atoms with Gasteiger partial charge in [-0.25, -0.2) is 4.79 Å². The maximum Gasteiger partial charge on any atom is 0.335 e. The minimum atomic E-state index is -1.69. The Kier molecular flexibility index (Phi) is 6.02. The van der Waals surface area contributed by atoms with Crippen LogP contribution in [0.4, 0.5) is 0 Å². The average Bonchev–Trinajstić information content (AvgIpc) is 2.47. The quantitative estimate of drug-likeness (QED) is 0.587. The average molecular weight is 332 g/mol. The summed E-state index contributed by atoms with van der Waals surface area (Å²) >= 11 is 0. The van der Waals surface area contributed by atoms with Gasteiger partial charge < -0.3 is 29.9 Å². The van der Waals surface area contributed by atoms with Gasteiger partial charge in [-0.2, -0.15) is 0 Å². The largest absolute Gasteiger partial charge is 0.479 e. The highest BCUT2D eigenvalue weighted by molar-refractivity contribution is 5.73. The summed E-state index contributed by atoms with van der Waals surface area (Å²) in [6, 6.07) is 0. The van der Waals surface area contributed by atoms with Crippen LogP contribution in [0.25, 0.3) is 0 Å². The maximum atomic E-state index is 11.1. The Morgan fingerprint density at radius 3 is 2.35 bits per heavy atom. The lowest BCUT2D eigenvalue weighted by Gasteiger charge is -2.43. The van der Waals surface area contributed by atoms with E-state index < -0.39 is 36.7 Å². The van der Waals surface area contributed by atoms with Crippen LogP contribution in [0.3, 0.4) is 0 Å². The van der Waals surface area contributed by atoms with Gasteiger partial charge in [-0.3, -0.25) is 0 Å². The van der Waals surface area contributed by atoms with Crippen LogP contribution in [0.5, 0.6) is 0 Å². The van der Waals surface area contributed by atoms with Gasteiger partial charge in [0.25, 0.3) is 0 Å². The highest BCUT2D eigenvalue weighted by Crippen LogP contribution is 2.37. The molecule has 0 bridgehead atoms. The lowest BCUT2D eigenvalue weighted by atomic mass is 9.75. The van der Waals surface area contributed by atoms with Crippen LogP contribution in [-0.4, -0.2) is 63.2 Å². The number of hydrogen-bond donors (Lipinski definition) is 4. The van der Waals surface area contributed by atoms with Gasteiger partial charge in [0.05, 0.1) is 6.10 Å². The molecule has 7 heteroatoms. The molecule has 0 radical (unpaired) electrons. The van der Waals surface area contributed by atoms with E-state index in [2.05, 4.69) is 20.8 Å². The van der Waals surface area contributed by atoms with Crippen LogP contribution in [0, 0.1) is 17.8 Å². The fraction of sp³-hybridized carbons (Fsp3) is 0.938. The molecule has 1 heterocycles. The number of carbonyl (C=O) groups is 1. The molecular weight excluding hydrogens is 304 g/mol. The summed E-state index contributed by atoms with van der Waals surface area (Å²) in [4.78, 5) is 11.1. The topological polar surface area (TPSA) is 116 Å². The third-order valence-electron chi connectivity index (χ3n) is 5.08. The molecule has 0 spiro atoms. The van der Waals surface area contributed by atoms with Crippen molar-refractivity contribution in [1.82, 2.24) is 0 Å². The number of carboxylic acid groups (broad SMARTS) is 1. The van der Waals surface area contributed by atoms with Gasteiger partial charge in [0.15, 0.2) is 12.4 Å². The van der Waals surface area contributed by atoms with Gasteiger partial charge in [-0.1, -0.05) is 27.2 Å². The van der Waals surface area contributed by atoms with E-state index in [1.807, 2.05) is 0 Å². The molecule has 0 aromatic heterocycles. The lowest BCUT2D eigenvalue weighted by Crippen LogP contribution is -2.61. The van der Waals surface area contributed by atoms with Crippen LogP contribution < -0.4 is 0 Å². The summed E-state index contributed by atoms with van der Waals surface area (Å²) in [6.07, 6.45) is -4.92. The summed E-state index contributed by atoms with van der Waals surface area (Å²) < 4.78 is 11.1. The van der Waals surface area contributed by atoms with E-state index in [0.29, 0.717) is 11.8 Å². The summed E-state index contributed by atoms with van der Waals surface area (Å²) in [5, 5.41) is 38.7. The molecule has 7 nitrogen and oxygen atoms in total. The Morgan fingerprint density at radius 2 is 1.78 bits per heavy atom. The Morgan fingerprint density at radius 1 is 1.13 bits per heavy atom. The van der Waals surface area contributed by atoms with E-state index in [4.69, 9.17) is 14.6 Å². The van der Waals surface area contributed by atoms with Crippen molar-refractivity contribution in [3.8, 4) is 0 Å². The molecule has 4 N–H and O–H groups in total. The molecule has 0 aromatic rings. The monoisotopic (exact) mass is 332 g/mol. The molecule has 134 valence electrons. The lowest BCUT2D eigenvalue weighted by molar-refractivity contribution is -0.311. The molecule has 2 rings (SSSR count). The van der Waals surface area contributed by atoms with Crippen molar-refractivity contribution in [1.29, 1.82) is 0 Å².